The Labute approximate surface area is 114 Å². The van der Waals surface area contributed by atoms with E-state index in [1.165, 1.54) is 19.3 Å². The largest absolute Gasteiger partial charge is 0.398 e. The topological polar surface area (TPSA) is 50.9 Å². The maximum Gasteiger partial charge on any atom is 0.0439 e. The molecule has 3 heteroatoms. The van der Waals surface area contributed by atoms with E-state index in [1.807, 2.05) is 18.3 Å². The number of nitrogens with zero attached hydrogens (tertiary/aromatic N) is 1. The van der Waals surface area contributed by atoms with E-state index in [-0.39, 0.29) is 0 Å². The molecule has 3 rings (SSSR count). The smallest absolute Gasteiger partial charge is 0.0439 e. The summed E-state index contributed by atoms with van der Waals surface area (Å²) >= 11 is 0. The van der Waals surface area contributed by atoms with Crippen LogP contribution in [-0.2, 0) is 0 Å². The quantitative estimate of drug-likeness (QED) is 0.802. The Morgan fingerprint density at radius 3 is 2.84 bits per heavy atom. The molecular weight excluding hydrogens is 234 g/mol. The number of nitrogens with two attached hydrogens (primary N) is 1. The molecule has 0 aliphatic heterocycles. The van der Waals surface area contributed by atoms with Gasteiger partial charge >= 0.3 is 0 Å². The summed E-state index contributed by atoms with van der Waals surface area (Å²) in [5.74, 6) is 0. The lowest BCUT2D eigenvalue weighted by Crippen LogP contribution is -2.17. The number of fused-ring (bicyclic) bond motifs is 1. The third-order valence-electron chi connectivity index (χ3n) is 4.18. The molecule has 0 spiro atoms. The van der Waals surface area contributed by atoms with E-state index in [0.29, 0.717) is 11.5 Å². The maximum atomic E-state index is 6.02. The Hall–Kier alpha value is -1.77. The van der Waals surface area contributed by atoms with E-state index in [2.05, 4.69) is 30.2 Å². The zero-order valence-corrected chi connectivity index (χ0v) is 11.6. The molecule has 1 aromatic carbocycles. The zero-order valence-electron chi connectivity index (χ0n) is 11.6. The van der Waals surface area contributed by atoms with Crippen LogP contribution in [0.25, 0.3) is 10.8 Å². The minimum atomic E-state index is 0.458. The fourth-order valence-corrected chi connectivity index (χ4v) is 3.12. The van der Waals surface area contributed by atoms with Crippen molar-refractivity contribution in [3.63, 3.8) is 0 Å². The second-order valence-corrected chi connectivity index (χ2v) is 6.37. The van der Waals surface area contributed by atoms with Gasteiger partial charge in [-0.05, 0) is 42.9 Å². The van der Waals surface area contributed by atoms with Crippen molar-refractivity contribution in [2.24, 2.45) is 5.41 Å². The van der Waals surface area contributed by atoms with Gasteiger partial charge in [0.15, 0.2) is 0 Å². The van der Waals surface area contributed by atoms with Crippen LogP contribution < -0.4 is 11.1 Å². The Morgan fingerprint density at radius 1 is 1.26 bits per heavy atom. The number of rotatable bonds is 2. The van der Waals surface area contributed by atoms with Gasteiger partial charge in [0.2, 0.25) is 0 Å². The van der Waals surface area contributed by atoms with Crippen LogP contribution in [0.1, 0.15) is 33.1 Å². The highest BCUT2D eigenvalue weighted by Crippen LogP contribution is 2.39. The van der Waals surface area contributed by atoms with Gasteiger partial charge in [-0.1, -0.05) is 13.8 Å². The zero-order chi connectivity index (χ0) is 13.5. The van der Waals surface area contributed by atoms with Crippen molar-refractivity contribution in [1.82, 2.24) is 4.98 Å². The Morgan fingerprint density at radius 2 is 2.11 bits per heavy atom. The molecule has 1 aliphatic carbocycles. The molecule has 0 amide bonds. The molecule has 1 heterocycles. The van der Waals surface area contributed by atoms with Gasteiger partial charge in [-0.2, -0.15) is 0 Å². The first kappa shape index (κ1) is 12.3. The van der Waals surface area contributed by atoms with Crippen LogP contribution >= 0.6 is 0 Å². The van der Waals surface area contributed by atoms with E-state index in [9.17, 15) is 0 Å². The highest BCUT2D eigenvalue weighted by atomic mass is 14.9. The lowest BCUT2D eigenvalue weighted by Gasteiger charge is -2.19. The monoisotopic (exact) mass is 255 g/mol. The van der Waals surface area contributed by atoms with Crippen molar-refractivity contribution < 1.29 is 0 Å². The predicted molar refractivity (Wildman–Crippen MR) is 81.2 cm³/mol. The van der Waals surface area contributed by atoms with Crippen molar-refractivity contribution >= 4 is 22.1 Å². The molecule has 0 saturated heterocycles. The molecule has 0 bridgehead atoms. The van der Waals surface area contributed by atoms with Crippen LogP contribution in [0.15, 0.2) is 30.6 Å². The van der Waals surface area contributed by atoms with Crippen LogP contribution in [0, 0.1) is 5.41 Å². The molecule has 1 unspecified atom stereocenters. The average molecular weight is 255 g/mol. The summed E-state index contributed by atoms with van der Waals surface area (Å²) in [6.07, 6.45) is 7.43. The van der Waals surface area contributed by atoms with E-state index in [1.54, 1.807) is 6.20 Å². The number of nitrogens with one attached hydrogen (secondary N) is 1. The summed E-state index contributed by atoms with van der Waals surface area (Å²) in [4.78, 5) is 4.22. The number of hydrogen-bond donors (Lipinski definition) is 2. The third kappa shape index (κ3) is 2.37. The second kappa shape index (κ2) is 4.41. The van der Waals surface area contributed by atoms with Crippen molar-refractivity contribution in [2.75, 3.05) is 11.1 Å². The van der Waals surface area contributed by atoms with Crippen molar-refractivity contribution in [3.8, 4) is 0 Å². The number of nitrogen functional groups attached to an aromatic ring is 1. The molecule has 1 aliphatic rings. The Kier molecular flexibility index (Phi) is 2.85. The number of benzene rings is 1. The predicted octanol–water partition coefficient (Wildman–Crippen LogP) is 3.81. The van der Waals surface area contributed by atoms with E-state index in [0.717, 1.165) is 22.1 Å². The molecule has 3 nitrogen and oxygen atoms in total. The van der Waals surface area contributed by atoms with E-state index in [4.69, 9.17) is 5.73 Å². The minimum Gasteiger partial charge on any atom is -0.398 e. The first-order valence-corrected chi connectivity index (χ1v) is 6.94. The molecule has 19 heavy (non-hydrogen) atoms. The second-order valence-electron chi connectivity index (χ2n) is 6.37. The molecule has 1 saturated carbocycles. The summed E-state index contributed by atoms with van der Waals surface area (Å²) in [6, 6.07) is 6.59. The normalized spacial score (nSPS) is 21.7. The lowest BCUT2D eigenvalue weighted by atomic mass is 9.92. The van der Waals surface area contributed by atoms with Crippen molar-refractivity contribution in [2.45, 2.75) is 39.2 Å². The average Bonchev–Trinajstić information content (AvgIpc) is 2.73. The number of anilines is 2. The molecular formula is C16H21N3. The molecule has 1 aromatic heterocycles. The summed E-state index contributed by atoms with van der Waals surface area (Å²) in [7, 11) is 0. The summed E-state index contributed by atoms with van der Waals surface area (Å²) in [5.41, 5.74) is 8.45. The van der Waals surface area contributed by atoms with Gasteiger partial charge in [0.25, 0.3) is 0 Å². The SMILES string of the molecule is CC1(C)CCC(Nc2ccc(N)c3ccncc23)C1. The van der Waals surface area contributed by atoms with Crippen LogP contribution in [0.3, 0.4) is 0 Å². The van der Waals surface area contributed by atoms with Gasteiger partial charge in [-0.25, -0.2) is 0 Å². The van der Waals surface area contributed by atoms with Crippen LogP contribution in [0.4, 0.5) is 11.4 Å². The highest BCUT2D eigenvalue weighted by molar-refractivity contribution is 6.00. The molecule has 1 atom stereocenters. The number of pyridine rings is 1. The van der Waals surface area contributed by atoms with Crippen molar-refractivity contribution in [3.05, 3.63) is 30.6 Å². The first-order chi connectivity index (χ1) is 9.05. The van der Waals surface area contributed by atoms with Gasteiger partial charge in [0, 0.05) is 40.6 Å². The van der Waals surface area contributed by atoms with E-state index < -0.39 is 0 Å². The minimum absolute atomic E-state index is 0.458. The third-order valence-corrected chi connectivity index (χ3v) is 4.18. The first-order valence-electron chi connectivity index (χ1n) is 6.94. The summed E-state index contributed by atoms with van der Waals surface area (Å²) < 4.78 is 0. The molecule has 2 aromatic rings. The Balaban J connectivity index is 1.92. The Bertz CT molecular complexity index is 604. The fourth-order valence-electron chi connectivity index (χ4n) is 3.12. The molecule has 0 radical (unpaired) electrons. The van der Waals surface area contributed by atoms with Crippen molar-refractivity contribution in [1.29, 1.82) is 0 Å². The lowest BCUT2D eigenvalue weighted by molar-refractivity contribution is 0.378. The summed E-state index contributed by atoms with van der Waals surface area (Å²) in [6.45, 7) is 4.69. The highest BCUT2D eigenvalue weighted by Gasteiger charge is 2.30. The van der Waals surface area contributed by atoms with Gasteiger partial charge in [-0.15, -0.1) is 0 Å². The van der Waals surface area contributed by atoms with Gasteiger partial charge in [0.1, 0.15) is 0 Å². The van der Waals surface area contributed by atoms with E-state index >= 15 is 0 Å². The maximum absolute atomic E-state index is 6.02. The molecule has 100 valence electrons. The van der Waals surface area contributed by atoms with Crippen LogP contribution in [0.2, 0.25) is 0 Å². The van der Waals surface area contributed by atoms with Crippen LogP contribution in [-0.4, -0.2) is 11.0 Å². The van der Waals surface area contributed by atoms with Gasteiger partial charge in [0.05, 0.1) is 0 Å². The van der Waals surface area contributed by atoms with Gasteiger partial charge in [-0.3, -0.25) is 4.98 Å². The number of hydrogen-bond acceptors (Lipinski definition) is 3. The van der Waals surface area contributed by atoms with Gasteiger partial charge < -0.3 is 11.1 Å². The fraction of sp³-hybridized carbons (Fsp3) is 0.438. The molecule has 3 N–H and O–H groups in total. The molecule has 1 fully saturated rings. The number of aromatic nitrogens is 1. The summed E-state index contributed by atoms with van der Waals surface area (Å²) in [5, 5.41) is 5.87. The van der Waals surface area contributed by atoms with Crippen LogP contribution in [0.5, 0.6) is 0 Å². The standard InChI is InChI=1S/C16H21N3/c1-16(2)7-5-11(9-16)19-15-4-3-14(17)12-6-8-18-10-13(12)15/h3-4,6,8,10-11,19H,5,7,9,17H2,1-2H3.